The van der Waals surface area contributed by atoms with Gasteiger partial charge in [-0.1, -0.05) is 47.5 Å². The molecular formula is C23H30N2O3. The van der Waals surface area contributed by atoms with Crippen molar-refractivity contribution < 1.29 is 14.3 Å². The van der Waals surface area contributed by atoms with E-state index in [2.05, 4.69) is 5.32 Å². The number of ether oxygens (including phenoxy) is 1. The van der Waals surface area contributed by atoms with Gasteiger partial charge in [-0.3, -0.25) is 9.59 Å². The van der Waals surface area contributed by atoms with Gasteiger partial charge in [-0.2, -0.15) is 0 Å². The standard InChI is InChI=1S/C23H30N2O3/c1-6-24-23(27)19(5)25(14-20-9-7-8-16(2)13-20)22(26)15-28-21-11-10-17(3)12-18(21)4/h7-13,19H,6,14-15H2,1-5H3,(H,24,27)/t19-/m1/s1. The van der Waals surface area contributed by atoms with E-state index in [-0.39, 0.29) is 18.4 Å². The van der Waals surface area contributed by atoms with Gasteiger partial charge in [-0.05, 0) is 51.8 Å². The Morgan fingerprint density at radius 3 is 2.43 bits per heavy atom. The molecule has 0 fully saturated rings. The summed E-state index contributed by atoms with van der Waals surface area (Å²) in [4.78, 5) is 26.9. The normalized spacial score (nSPS) is 11.6. The van der Waals surface area contributed by atoms with Gasteiger partial charge in [0, 0.05) is 13.1 Å². The van der Waals surface area contributed by atoms with Crippen molar-refractivity contribution >= 4 is 11.8 Å². The predicted octanol–water partition coefficient (Wildman–Crippen LogP) is 3.54. The van der Waals surface area contributed by atoms with Crippen LogP contribution in [0.15, 0.2) is 42.5 Å². The van der Waals surface area contributed by atoms with Crippen LogP contribution in [0, 0.1) is 20.8 Å². The molecule has 2 aromatic rings. The molecule has 0 aliphatic carbocycles. The number of carbonyl (C=O) groups excluding carboxylic acids is 2. The third kappa shape index (κ3) is 5.84. The fourth-order valence-electron chi connectivity index (χ4n) is 3.10. The molecule has 0 saturated heterocycles. The zero-order chi connectivity index (χ0) is 20.7. The Kier molecular flexibility index (Phi) is 7.61. The number of aryl methyl sites for hydroxylation is 3. The first-order valence-electron chi connectivity index (χ1n) is 9.64. The molecule has 1 atom stereocenters. The molecule has 150 valence electrons. The highest BCUT2D eigenvalue weighted by molar-refractivity contribution is 5.87. The fraction of sp³-hybridized carbons (Fsp3) is 0.391. The van der Waals surface area contributed by atoms with Gasteiger partial charge < -0.3 is 15.0 Å². The SMILES string of the molecule is CCNC(=O)[C@@H](C)N(Cc1cccc(C)c1)C(=O)COc1ccc(C)cc1C. The summed E-state index contributed by atoms with van der Waals surface area (Å²) in [6.45, 7) is 10.3. The molecule has 5 heteroatoms. The smallest absolute Gasteiger partial charge is 0.261 e. The summed E-state index contributed by atoms with van der Waals surface area (Å²) < 4.78 is 5.76. The lowest BCUT2D eigenvalue weighted by molar-refractivity contribution is -0.142. The Morgan fingerprint density at radius 2 is 1.79 bits per heavy atom. The third-order valence-corrected chi connectivity index (χ3v) is 4.64. The second kappa shape index (κ2) is 9.93. The van der Waals surface area contributed by atoms with E-state index in [1.807, 2.05) is 70.2 Å². The second-order valence-corrected chi connectivity index (χ2v) is 7.14. The third-order valence-electron chi connectivity index (χ3n) is 4.64. The quantitative estimate of drug-likeness (QED) is 0.760. The van der Waals surface area contributed by atoms with Gasteiger partial charge in [0.1, 0.15) is 11.8 Å². The number of hydrogen-bond acceptors (Lipinski definition) is 3. The van der Waals surface area contributed by atoms with Crippen LogP contribution in [0.4, 0.5) is 0 Å². The van der Waals surface area contributed by atoms with Crippen LogP contribution in [0.1, 0.15) is 36.1 Å². The van der Waals surface area contributed by atoms with E-state index in [9.17, 15) is 9.59 Å². The van der Waals surface area contributed by atoms with Gasteiger partial charge in [-0.25, -0.2) is 0 Å². The summed E-state index contributed by atoms with van der Waals surface area (Å²) in [7, 11) is 0. The molecule has 0 aliphatic heterocycles. The average molecular weight is 383 g/mol. The highest BCUT2D eigenvalue weighted by Crippen LogP contribution is 2.19. The van der Waals surface area contributed by atoms with Crippen LogP contribution in [0.2, 0.25) is 0 Å². The predicted molar refractivity (Wildman–Crippen MR) is 111 cm³/mol. The van der Waals surface area contributed by atoms with Crippen LogP contribution in [-0.2, 0) is 16.1 Å². The van der Waals surface area contributed by atoms with E-state index in [4.69, 9.17) is 4.74 Å². The molecule has 0 aliphatic rings. The fourth-order valence-corrected chi connectivity index (χ4v) is 3.10. The van der Waals surface area contributed by atoms with Crippen molar-refractivity contribution in [2.24, 2.45) is 0 Å². The largest absolute Gasteiger partial charge is 0.483 e. The Bertz CT molecular complexity index is 832. The zero-order valence-electron chi connectivity index (χ0n) is 17.4. The molecule has 0 heterocycles. The number of rotatable bonds is 8. The topological polar surface area (TPSA) is 58.6 Å². The minimum absolute atomic E-state index is 0.112. The number of nitrogens with zero attached hydrogens (tertiary/aromatic N) is 1. The molecule has 1 N–H and O–H groups in total. The Hall–Kier alpha value is -2.82. The van der Waals surface area contributed by atoms with E-state index in [1.165, 1.54) is 0 Å². The van der Waals surface area contributed by atoms with Crippen molar-refractivity contribution in [3.8, 4) is 5.75 Å². The number of hydrogen-bond donors (Lipinski definition) is 1. The molecule has 0 spiro atoms. The number of benzene rings is 2. The average Bonchev–Trinajstić information content (AvgIpc) is 2.65. The lowest BCUT2D eigenvalue weighted by Gasteiger charge is -2.28. The Morgan fingerprint density at radius 1 is 1.07 bits per heavy atom. The van der Waals surface area contributed by atoms with E-state index in [1.54, 1.807) is 11.8 Å². The minimum atomic E-state index is -0.587. The van der Waals surface area contributed by atoms with Crippen LogP contribution < -0.4 is 10.1 Å². The van der Waals surface area contributed by atoms with Crippen molar-refractivity contribution in [2.45, 2.75) is 47.2 Å². The molecule has 0 saturated carbocycles. The van der Waals surface area contributed by atoms with Crippen molar-refractivity contribution in [2.75, 3.05) is 13.2 Å². The molecule has 28 heavy (non-hydrogen) atoms. The zero-order valence-corrected chi connectivity index (χ0v) is 17.4. The maximum atomic E-state index is 13.0. The Balaban J connectivity index is 2.16. The van der Waals surface area contributed by atoms with Crippen molar-refractivity contribution in [1.82, 2.24) is 10.2 Å². The van der Waals surface area contributed by atoms with Crippen LogP contribution in [-0.4, -0.2) is 35.9 Å². The number of carbonyl (C=O) groups is 2. The van der Waals surface area contributed by atoms with E-state index >= 15 is 0 Å². The number of nitrogens with one attached hydrogen (secondary N) is 1. The van der Waals surface area contributed by atoms with Gasteiger partial charge in [0.05, 0.1) is 0 Å². The first-order chi connectivity index (χ1) is 13.3. The highest BCUT2D eigenvalue weighted by Gasteiger charge is 2.26. The molecule has 5 nitrogen and oxygen atoms in total. The van der Waals surface area contributed by atoms with Gasteiger partial charge in [0.15, 0.2) is 6.61 Å². The van der Waals surface area contributed by atoms with Gasteiger partial charge in [-0.15, -0.1) is 0 Å². The Labute approximate surface area is 167 Å². The number of likely N-dealkylation sites (N-methyl/N-ethyl adjacent to an activating group) is 1. The summed E-state index contributed by atoms with van der Waals surface area (Å²) in [5.41, 5.74) is 4.22. The lowest BCUT2D eigenvalue weighted by atomic mass is 10.1. The van der Waals surface area contributed by atoms with Crippen molar-refractivity contribution in [1.29, 1.82) is 0 Å². The van der Waals surface area contributed by atoms with Gasteiger partial charge >= 0.3 is 0 Å². The lowest BCUT2D eigenvalue weighted by Crippen LogP contribution is -2.49. The van der Waals surface area contributed by atoms with Crippen LogP contribution in [0.25, 0.3) is 0 Å². The molecular weight excluding hydrogens is 352 g/mol. The minimum Gasteiger partial charge on any atom is -0.483 e. The monoisotopic (exact) mass is 382 g/mol. The maximum Gasteiger partial charge on any atom is 0.261 e. The molecule has 0 bridgehead atoms. The summed E-state index contributed by atoms with van der Waals surface area (Å²) in [5.74, 6) is 0.287. The molecule has 2 aromatic carbocycles. The molecule has 0 radical (unpaired) electrons. The first kappa shape index (κ1) is 21.5. The summed E-state index contributed by atoms with van der Waals surface area (Å²) >= 11 is 0. The van der Waals surface area contributed by atoms with Gasteiger partial charge in [0.25, 0.3) is 5.91 Å². The molecule has 0 unspecified atom stereocenters. The maximum absolute atomic E-state index is 13.0. The second-order valence-electron chi connectivity index (χ2n) is 7.14. The van der Waals surface area contributed by atoms with Crippen LogP contribution in [0.5, 0.6) is 5.75 Å². The summed E-state index contributed by atoms with van der Waals surface area (Å²) in [6, 6.07) is 13.2. The van der Waals surface area contributed by atoms with Crippen LogP contribution >= 0.6 is 0 Å². The van der Waals surface area contributed by atoms with E-state index in [0.29, 0.717) is 18.8 Å². The molecule has 2 amide bonds. The van der Waals surface area contributed by atoms with E-state index < -0.39 is 6.04 Å². The highest BCUT2D eigenvalue weighted by atomic mass is 16.5. The van der Waals surface area contributed by atoms with E-state index in [0.717, 1.165) is 22.3 Å². The van der Waals surface area contributed by atoms with Crippen molar-refractivity contribution in [3.05, 3.63) is 64.7 Å². The van der Waals surface area contributed by atoms with Gasteiger partial charge in [0.2, 0.25) is 5.91 Å². The first-order valence-corrected chi connectivity index (χ1v) is 9.64. The number of amides is 2. The van der Waals surface area contributed by atoms with Crippen LogP contribution in [0.3, 0.4) is 0 Å². The van der Waals surface area contributed by atoms with Crippen molar-refractivity contribution in [3.63, 3.8) is 0 Å². The molecule has 2 rings (SSSR count). The summed E-state index contributed by atoms with van der Waals surface area (Å²) in [6.07, 6.45) is 0. The molecule has 0 aromatic heterocycles. The summed E-state index contributed by atoms with van der Waals surface area (Å²) in [5, 5.41) is 2.79.